The molecule has 2 heterocycles. The standard InChI is InChI=1S/C33H27ClN4O2/c1-4-9-29-36-30-20(2)18-23(32-35-26-12-7-8-13-27(26)37(32)3)19-28(30)38(29)33(40)22-16-14-21(15-17-22)24-10-5-6-11-25(24)31(34)39/h5-8,10-19H,4,9H2,1-3H3. The number of rotatable bonds is 6. The predicted molar refractivity (Wildman–Crippen MR) is 160 cm³/mol. The van der Waals surface area contributed by atoms with Crippen molar-refractivity contribution in [2.45, 2.75) is 26.7 Å². The van der Waals surface area contributed by atoms with Crippen LogP contribution in [0, 0.1) is 6.92 Å². The molecule has 6 aromatic rings. The lowest BCUT2D eigenvalue weighted by molar-refractivity contribution is 0.0960. The van der Waals surface area contributed by atoms with Gasteiger partial charge in [-0.2, -0.15) is 0 Å². The van der Waals surface area contributed by atoms with Crippen LogP contribution in [-0.4, -0.2) is 30.3 Å². The Kier molecular flexibility index (Phi) is 6.56. The van der Waals surface area contributed by atoms with Crippen LogP contribution in [0.25, 0.3) is 44.6 Å². The quantitative estimate of drug-likeness (QED) is 0.202. The summed E-state index contributed by atoms with van der Waals surface area (Å²) in [6, 6.07) is 26.6. The van der Waals surface area contributed by atoms with Gasteiger partial charge in [0, 0.05) is 30.2 Å². The van der Waals surface area contributed by atoms with Crippen molar-refractivity contribution >= 4 is 44.8 Å². The molecule has 0 amide bonds. The fraction of sp³-hybridized carbons (Fsp3) is 0.152. The predicted octanol–water partition coefficient (Wildman–Crippen LogP) is 7.59. The second kappa shape index (κ2) is 10.2. The highest BCUT2D eigenvalue weighted by atomic mass is 35.5. The van der Waals surface area contributed by atoms with E-state index in [0.717, 1.165) is 62.4 Å². The summed E-state index contributed by atoms with van der Waals surface area (Å²) in [5.74, 6) is 1.41. The SMILES string of the molecule is CCCc1nc2c(C)cc(-c3nc4ccccc4n3C)cc2n1C(=O)c1ccc(-c2ccccc2C(=O)Cl)cc1. The molecule has 0 bridgehead atoms. The highest BCUT2D eigenvalue weighted by molar-refractivity contribution is 6.68. The van der Waals surface area contributed by atoms with Gasteiger partial charge < -0.3 is 4.57 Å². The lowest BCUT2D eigenvalue weighted by Gasteiger charge is -2.11. The van der Waals surface area contributed by atoms with E-state index in [1.807, 2.05) is 62.5 Å². The Morgan fingerprint density at radius 2 is 1.57 bits per heavy atom. The molecule has 0 radical (unpaired) electrons. The number of halogens is 1. The average Bonchev–Trinajstić information content (AvgIpc) is 3.50. The van der Waals surface area contributed by atoms with Gasteiger partial charge in [0.2, 0.25) is 0 Å². The first-order chi connectivity index (χ1) is 19.4. The van der Waals surface area contributed by atoms with Crippen LogP contribution in [0.2, 0.25) is 0 Å². The summed E-state index contributed by atoms with van der Waals surface area (Å²) in [4.78, 5) is 35.7. The number of aryl methyl sites for hydroxylation is 3. The Labute approximate surface area is 236 Å². The molecule has 0 aliphatic carbocycles. The third-order valence-corrected chi connectivity index (χ3v) is 7.53. The number of hydrogen-bond donors (Lipinski definition) is 0. The summed E-state index contributed by atoms with van der Waals surface area (Å²) < 4.78 is 3.82. The molecule has 2 aromatic heterocycles. The maximum absolute atomic E-state index is 14.0. The fourth-order valence-electron chi connectivity index (χ4n) is 5.37. The van der Waals surface area contributed by atoms with Crippen LogP contribution in [0.4, 0.5) is 0 Å². The van der Waals surface area contributed by atoms with Gasteiger partial charge in [0.1, 0.15) is 11.6 Å². The molecule has 0 aliphatic heterocycles. The number of aromatic nitrogens is 4. The van der Waals surface area contributed by atoms with Gasteiger partial charge in [0.25, 0.3) is 11.1 Å². The zero-order chi connectivity index (χ0) is 28.0. The van der Waals surface area contributed by atoms with Crippen LogP contribution in [-0.2, 0) is 13.5 Å². The maximum Gasteiger partial charge on any atom is 0.263 e. The van der Waals surface area contributed by atoms with E-state index in [4.69, 9.17) is 21.6 Å². The summed E-state index contributed by atoms with van der Waals surface area (Å²) in [6.45, 7) is 4.10. The summed E-state index contributed by atoms with van der Waals surface area (Å²) >= 11 is 5.80. The number of fused-ring (bicyclic) bond motifs is 2. The van der Waals surface area contributed by atoms with E-state index in [-0.39, 0.29) is 5.91 Å². The molecule has 0 fully saturated rings. The van der Waals surface area contributed by atoms with Crippen molar-refractivity contribution in [1.29, 1.82) is 0 Å². The third kappa shape index (κ3) is 4.31. The zero-order valence-corrected chi connectivity index (χ0v) is 23.2. The van der Waals surface area contributed by atoms with Crippen LogP contribution >= 0.6 is 11.6 Å². The molecule has 0 atom stereocenters. The Hall–Kier alpha value is -4.55. The van der Waals surface area contributed by atoms with Gasteiger partial charge in [0.05, 0.1) is 22.1 Å². The molecule has 0 N–H and O–H groups in total. The normalized spacial score (nSPS) is 11.4. The molecular formula is C33H27ClN4O2. The van der Waals surface area contributed by atoms with E-state index in [1.54, 1.807) is 28.8 Å². The third-order valence-electron chi connectivity index (χ3n) is 7.32. The van der Waals surface area contributed by atoms with E-state index in [9.17, 15) is 9.59 Å². The second-order valence-electron chi connectivity index (χ2n) is 9.96. The molecule has 0 saturated heterocycles. The van der Waals surface area contributed by atoms with E-state index < -0.39 is 5.24 Å². The first-order valence-corrected chi connectivity index (χ1v) is 13.6. The Morgan fingerprint density at radius 1 is 0.850 bits per heavy atom. The molecule has 0 aliphatic rings. The Bertz CT molecular complexity index is 1930. The van der Waals surface area contributed by atoms with Crippen molar-refractivity contribution in [3.8, 4) is 22.5 Å². The minimum atomic E-state index is -0.517. The van der Waals surface area contributed by atoms with Crippen molar-refractivity contribution in [2.75, 3.05) is 0 Å². The number of imidazole rings is 2. The molecule has 0 unspecified atom stereocenters. The average molecular weight is 547 g/mol. The van der Waals surface area contributed by atoms with Crippen LogP contribution in [0.5, 0.6) is 0 Å². The van der Waals surface area contributed by atoms with Crippen molar-refractivity contribution in [3.63, 3.8) is 0 Å². The lowest BCUT2D eigenvalue weighted by Crippen LogP contribution is -2.15. The van der Waals surface area contributed by atoms with Gasteiger partial charge in [-0.05, 0) is 84.1 Å². The number of benzene rings is 4. The highest BCUT2D eigenvalue weighted by Gasteiger charge is 2.22. The Balaban J connectivity index is 1.47. The Morgan fingerprint density at radius 3 is 2.30 bits per heavy atom. The van der Waals surface area contributed by atoms with Crippen molar-refractivity contribution < 1.29 is 9.59 Å². The fourth-order valence-corrected chi connectivity index (χ4v) is 5.54. The number of carbonyl (C=O) groups excluding carboxylic acids is 2. The number of nitrogens with zero attached hydrogens (tertiary/aromatic N) is 4. The molecule has 0 saturated carbocycles. The first kappa shape index (κ1) is 25.7. The van der Waals surface area contributed by atoms with E-state index in [2.05, 4.69) is 23.6 Å². The van der Waals surface area contributed by atoms with Gasteiger partial charge in [-0.1, -0.05) is 49.4 Å². The number of para-hydroxylation sites is 2. The summed E-state index contributed by atoms with van der Waals surface area (Å²) in [7, 11) is 2.01. The number of carbonyl (C=O) groups is 2. The minimum Gasteiger partial charge on any atom is -0.327 e. The maximum atomic E-state index is 14.0. The summed E-state index contributed by atoms with van der Waals surface area (Å²) in [6.07, 6.45) is 1.53. The van der Waals surface area contributed by atoms with Gasteiger partial charge in [0.15, 0.2) is 0 Å². The largest absolute Gasteiger partial charge is 0.327 e. The second-order valence-corrected chi connectivity index (χ2v) is 10.3. The molecule has 4 aromatic carbocycles. The molecule has 6 nitrogen and oxygen atoms in total. The smallest absolute Gasteiger partial charge is 0.263 e. The number of hydrogen-bond acceptors (Lipinski definition) is 4. The zero-order valence-electron chi connectivity index (χ0n) is 22.5. The molecular weight excluding hydrogens is 520 g/mol. The highest BCUT2D eigenvalue weighted by Crippen LogP contribution is 2.31. The minimum absolute atomic E-state index is 0.152. The monoisotopic (exact) mass is 546 g/mol. The van der Waals surface area contributed by atoms with Crippen molar-refractivity contribution in [1.82, 2.24) is 19.1 Å². The molecule has 40 heavy (non-hydrogen) atoms. The van der Waals surface area contributed by atoms with E-state index >= 15 is 0 Å². The van der Waals surface area contributed by atoms with Crippen LogP contribution in [0.15, 0.2) is 84.9 Å². The van der Waals surface area contributed by atoms with Crippen molar-refractivity contribution in [3.05, 3.63) is 107 Å². The van der Waals surface area contributed by atoms with Gasteiger partial charge in [-0.25, -0.2) is 9.97 Å². The van der Waals surface area contributed by atoms with Gasteiger partial charge in [-0.3, -0.25) is 14.2 Å². The van der Waals surface area contributed by atoms with Crippen LogP contribution in [0.1, 0.15) is 45.4 Å². The lowest BCUT2D eigenvalue weighted by atomic mass is 9.99. The topological polar surface area (TPSA) is 69.8 Å². The molecule has 0 spiro atoms. The molecule has 7 heteroatoms. The van der Waals surface area contributed by atoms with Crippen LogP contribution in [0.3, 0.4) is 0 Å². The summed E-state index contributed by atoms with van der Waals surface area (Å²) in [5.41, 5.74) is 7.95. The van der Waals surface area contributed by atoms with E-state index in [0.29, 0.717) is 17.5 Å². The summed E-state index contributed by atoms with van der Waals surface area (Å²) in [5, 5.41) is -0.517. The first-order valence-electron chi connectivity index (χ1n) is 13.2. The molecule has 6 rings (SSSR count). The van der Waals surface area contributed by atoms with Gasteiger partial charge in [-0.15, -0.1) is 0 Å². The molecule has 198 valence electrons. The van der Waals surface area contributed by atoms with E-state index in [1.165, 1.54) is 0 Å². The van der Waals surface area contributed by atoms with Crippen molar-refractivity contribution in [2.24, 2.45) is 7.05 Å². The van der Waals surface area contributed by atoms with Gasteiger partial charge >= 0.3 is 0 Å². The van der Waals surface area contributed by atoms with Crippen LogP contribution < -0.4 is 0 Å².